The van der Waals surface area contributed by atoms with Crippen molar-refractivity contribution in [3.05, 3.63) is 81.5 Å². The van der Waals surface area contributed by atoms with Crippen LogP contribution in [0.5, 0.6) is 5.88 Å². The van der Waals surface area contributed by atoms with Crippen LogP contribution in [-0.2, 0) is 10.0 Å². The highest BCUT2D eigenvalue weighted by atomic mass is 32.2. The van der Waals surface area contributed by atoms with Gasteiger partial charge in [0.1, 0.15) is 0 Å². The molecule has 4 rings (SSSR count). The second kappa shape index (κ2) is 7.44. The summed E-state index contributed by atoms with van der Waals surface area (Å²) in [5, 5.41) is 7.76. The number of fused-ring (bicyclic) bond motifs is 1. The summed E-state index contributed by atoms with van der Waals surface area (Å²) < 4.78 is 33.3. The van der Waals surface area contributed by atoms with E-state index in [2.05, 4.69) is 19.9 Å². The number of nitrogens with one attached hydrogen (secondary N) is 2. The zero-order chi connectivity index (χ0) is 21.3. The normalized spacial score (nSPS) is 11.4. The van der Waals surface area contributed by atoms with Crippen molar-refractivity contribution in [2.24, 2.45) is 0 Å². The molecule has 0 bridgehead atoms. The van der Waals surface area contributed by atoms with Crippen LogP contribution in [0.3, 0.4) is 0 Å². The fraction of sp³-hybridized carbons (Fsp3) is 0.0526. The quantitative estimate of drug-likeness (QED) is 0.491. The van der Waals surface area contributed by atoms with Gasteiger partial charge in [-0.05, 0) is 42.5 Å². The number of hydrogen-bond donors (Lipinski definition) is 2. The fourth-order valence-corrected chi connectivity index (χ4v) is 3.85. The monoisotopic (exact) mass is 425 g/mol. The molecule has 2 N–H and O–H groups in total. The van der Waals surface area contributed by atoms with Crippen molar-refractivity contribution in [3.63, 3.8) is 0 Å². The maximum atomic E-state index is 12.7. The fourth-order valence-electron chi connectivity index (χ4n) is 2.85. The molecule has 2 aromatic heterocycles. The van der Waals surface area contributed by atoms with E-state index >= 15 is 0 Å². The first-order valence-electron chi connectivity index (χ1n) is 8.64. The Morgan fingerprint density at radius 1 is 0.967 bits per heavy atom. The van der Waals surface area contributed by atoms with Gasteiger partial charge in [-0.2, -0.15) is 0 Å². The number of benzene rings is 2. The summed E-state index contributed by atoms with van der Waals surface area (Å²) in [5.74, 6) is 0.260. The van der Waals surface area contributed by atoms with Crippen LogP contribution in [0, 0.1) is 0 Å². The second-order valence-electron chi connectivity index (χ2n) is 6.18. The predicted octanol–water partition coefficient (Wildman–Crippen LogP) is 1.28. The molecule has 0 aliphatic rings. The Bertz CT molecular complexity index is 1440. The first-order valence-corrected chi connectivity index (χ1v) is 10.1. The highest BCUT2D eigenvalue weighted by molar-refractivity contribution is 7.92. The maximum absolute atomic E-state index is 12.7. The highest BCUT2D eigenvalue weighted by Gasteiger charge is 2.16. The van der Waals surface area contributed by atoms with E-state index in [4.69, 9.17) is 4.74 Å². The van der Waals surface area contributed by atoms with Gasteiger partial charge in [0.15, 0.2) is 5.82 Å². The van der Waals surface area contributed by atoms with Crippen LogP contribution < -0.4 is 20.7 Å². The molecule has 11 heteroatoms. The Morgan fingerprint density at radius 3 is 2.37 bits per heavy atom. The number of aromatic amines is 1. The van der Waals surface area contributed by atoms with Crippen LogP contribution in [0.1, 0.15) is 0 Å². The SMILES string of the molecule is COc1ccc(NS(=O)(=O)c2ccc(-n3c(=O)[nH]c4ccccc4c3=O)cc2)nn1. The van der Waals surface area contributed by atoms with Crippen molar-refractivity contribution in [1.82, 2.24) is 19.7 Å². The van der Waals surface area contributed by atoms with E-state index in [-0.39, 0.29) is 22.3 Å². The number of ether oxygens (including phenoxy) is 1. The van der Waals surface area contributed by atoms with Crippen LogP contribution in [0.25, 0.3) is 16.6 Å². The lowest BCUT2D eigenvalue weighted by Crippen LogP contribution is -2.33. The Hall–Kier alpha value is -3.99. The predicted molar refractivity (Wildman–Crippen MR) is 110 cm³/mol. The van der Waals surface area contributed by atoms with Gasteiger partial charge in [-0.25, -0.2) is 17.8 Å². The number of nitrogens with zero attached hydrogens (tertiary/aromatic N) is 3. The molecule has 0 atom stereocenters. The van der Waals surface area contributed by atoms with Crippen molar-refractivity contribution in [3.8, 4) is 11.6 Å². The number of anilines is 1. The van der Waals surface area contributed by atoms with E-state index in [1.807, 2.05) is 0 Å². The van der Waals surface area contributed by atoms with Gasteiger partial charge in [0.2, 0.25) is 5.88 Å². The van der Waals surface area contributed by atoms with E-state index in [9.17, 15) is 18.0 Å². The van der Waals surface area contributed by atoms with E-state index in [1.54, 1.807) is 24.3 Å². The third kappa shape index (κ3) is 3.53. The minimum Gasteiger partial charge on any atom is -0.480 e. The molecule has 0 amide bonds. The van der Waals surface area contributed by atoms with Gasteiger partial charge in [-0.1, -0.05) is 12.1 Å². The van der Waals surface area contributed by atoms with Gasteiger partial charge in [0, 0.05) is 6.07 Å². The summed E-state index contributed by atoms with van der Waals surface area (Å²) in [6.45, 7) is 0. The summed E-state index contributed by atoms with van der Waals surface area (Å²) in [5.41, 5.74) is -0.472. The van der Waals surface area contributed by atoms with Crippen LogP contribution in [0.15, 0.2) is 75.1 Å². The van der Waals surface area contributed by atoms with E-state index in [1.165, 1.54) is 43.5 Å². The topological polar surface area (TPSA) is 136 Å². The Kier molecular flexibility index (Phi) is 4.80. The van der Waals surface area contributed by atoms with Crippen molar-refractivity contribution in [1.29, 1.82) is 0 Å². The van der Waals surface area contributed by atoms with Gasteiger partial charge in [0.05, 0.1) is 28.6 Å². The van der Waals surface area contributed by atoms with E-state index < -0.39 is 21.3 Å². The second-order valence-corrected chi connectivity index (χ2v) is 7.86. The lowest BCUT2D eigenvalue weighted by Gasteiger charge is -2.09. The Morgan fingerprint density at radius 2 is 1.70 bits per heavy atom. The Balaban J connectivity index is 1.68. The number of hydrogen-bond acceptors (Lipinski definition) is 7. The van der Waals surface area contributed by atoms with Crippen molar-refractivity contribution < 1.29 is 13.2 Å². The van der Waals surface area contributed by atoms with Crippen molar-refractivity contribution in [2.45, 2.75) is 4.90 Å². The third-order valence-electron chi connectivity index (χ3n) is 4.30. The molecular weight excluding hydrogens is 410 g/mol. The van der Waals surface area contributed by atoms with Gasteiger partial charge >= 0.3 is 5.69 Å². The molecule has 0 spiro atoms. The number of aromatic nitrogens is 4. The summed E-state index contributed by atoms with van der Waals surface area (Å²) >= 11 is 0. The summed E-state index contributed by atoms with van der Waals surface area (Å²) in [6, 6.07) is 14.8. The lowest BCUT2D eigenvalue weighted by atomic mass is 10.2. The first kappa shape index (κ1) is 19.3. The molecule has 0 saturated carbocycles. The van der Waals surface area contributed by atoms with Crippen LogP contribution in [0.2, 0.25) is 0 Å². The number of rotatable bonds is 5. The zero-order valence-corrected chi connectivity index (χ0v) is 16.4. The van der Waals surface area contributed by atoms with E-state index in [0.29, 0.717) is 10.9 Å². The molecule has 0 fully saturated rings. The maximum Gasteiger partial charge on any atom is 0.333 e. The number of H-pyrrole nitrogens is 1. The average molecular weight is 425 g/mol. The molecule has 30 heavy (non-hydrogen) atoms. The molecule has 10 nitrogen and oxygen atoms in total. The van der Waals surface area contributed by atoms with E-state index in [0.717, 1.165) is 4.57 Å². The minimum absolute atomic E-state index is 0.0158. The minimum atomic E-state index is -3.95. The molecule has 0 saturated heterocycles. The molecule has 2 heterocycles. The van der Waals surface area contributed by atoms with Gasteiger partial charge < -0.3 is 9.72 Å². The van der Waals surface area contributed by atoms with Gasteiger partial charge in [-0.15, -0.1) is 10.2 Å². The summed E-state index contributed by atoms with van der Waals surface area (Å²) in [6.07, 6.45) is 0. The molecular formula is C19H15N5O5S. The molecule has 0 aliphatic carbocycles. The zero-order valence-electron chi connectivity index (χ0n) is 15.6. The highest BCUT2D eigenvalue weighted by Crippen LogP contribution is 2.17. The van der Waals surface area contributed by atoms with Crippen LogP contribution >= 0.6 is 0 Å². The molecule has 4 aromatic rings. The summed E-state index contributed by atoms with van der Waals surface area (Å²) in [7, 11) is -2.54. The standard InChI is InChI=1S/C19H15N5O5S/c1-29-17-11-10-16(21-22-17)23-30(27,28)13-8-6-12(7-9-13)24-18(25)14-4-2-3-5-15(14)20-19(24)26/h2-11H,1H3,(H,20,26)(H,21,23). The smallest absolute Gasteiger partial charge is 0.333 e. The average Bonchev–Trinajstić information content (AvgIpc) is 2.74. The Labute approximate surface area is 169 Å². The largest absolute Gasteiger partial charge is 0.480 e. The lowest BCUT2D eigenvalue weighted by molar-refractivity contribution is 0.392. The van der Waals surface area contributed by atoms with Gasteiger partial charge in [-0.3, -0.25) is 9.52 Å². The van der Waals surface area contributed by atoms with Crippen molar-refractivity contribution >= 4 is 26.7 Å². The van der Waals surface area contributed by atoms with Crippen LogP contribution in [-0.4, -0.2) is 35.3 Å². The molecule has 0 unspecified atom stereocenters. The summed E-state index contributed by atoms with van der Waals surface area (Å²) in [4.78, 5) is 27.7. The molecule has 2 aromatic carbocycles. The van der Waals surface area contributed by atoms with Gasteiger partial charge in [0.25, 0.3) is 15.6 Å². The number of methoxy groups -OCH3 is 1. The van der Waals surface area contributed by atoms with Crippen molar-refractivity contribution in [2.75, 3.05) is 11.8 Å². The number of sulfonamides is 1. The molecule has 152 valence electrons. The van der Waals surface area contributed by atoms with Crippen LogP contribution in [0.4, 0.5) is 5.82 Å². The molecule has 0 radical (unpaired) electrons. The third-order valence-corrected chi connectivity index (χ3v) is 5.67. The first-order chi connectivity index (χ1) is 14.4. The number of para-hydroxylation sites is 1. The molecule has 0 aliphatic heterocycles.